The number of nitrogens with zero attached hydrogens (tertiary/aromatic N) is 1. The van der Waals surface area contributed by atoms with Gasteiger partial charge in [-0.25, -0.2) is 4.79 Å². The normalized spacial score (nSPS) is 15.0. The van der Waals surface area contributed by atoms with Crippen LogP contribution in [0.25, 0.3) is 0 Å². The Morgan fingerprint density at radius 2 is 2.00 bits per heavy atom. The van der Waals surface area contributed by atoms with E-state index in [4.69, 9.17) is 4.74 Å². The maximum atomic E-state index is 12.3. The highest BCUT2D eigenvalue weighted by atomic mass is 16.6. The SMILES string of the molecule is Cc1cc(O)cc(CN(C(=O)OC(C)(C)C)C2CC2)c1. The van der Waals surface area contributed by atoms with E-state index in [9.17, 15) is 9.90 Å². The lowest BCUT2D eigenvalue weighted by atomic mass is 10.1. The van der Waals surface area contributed by atoms with Crippen molar-refractivity contribution in [1.82, 2.24) is 4.90 Å². The van der Waals surface area contributed by atoms with Gasteiger partial charge < -0.3 is 14.7 Å². The lowest BCUT2D eigenvalue weighted by Gasteiger charge is -2.27. The predicted octanol–water partition coefficient (Wildman–Crippen LogP) is 3.60. The molecule has 4 heteroatoms. The van der Waals surface area contributed by atoms with Gasteiger partial charge in [0.25, 0.3) is 0 Å². The van der Waals surface area contributed by atoms with Gasteiger partial charge in [0.05, 0.1) is 0 Å². The van der Waals surface area contributed by atoms with Gasteiger partial charge in [-0.1, -0.05) is 6.07 Å². The highest BCUT2D eigenvalue weighted by Crippen LogP contribution is 2.30. The summed E-state index contributed by atoms with van der Waals surface area (Å²) in [6.45, 7) is 8.02. The molecular weight excluding hydrogens is 254 g/mol. The Morgan fingerprint density at radius 1 is 1.35 bits per heavy atom. The van der Waals surface area contributed by atoms with Crippen LogP contribution in [0.4, 0.5) is 4.79 Å². The van der Waals surface area contributed by atoms with Crippen molar-refractivity contribution < 1.29 is 14.6 Å². The lowest BCUT2D eigenvalue weighted by Crippen LogP contribution is -2.37. The molecule has 0 aliphatic heterocycles. The van der Waals surface area contributed by atoms with Gasteiger partial charge in [0.1, 0.15) is 11.4 Å². The van der Waals surface area contributed by atoms with Crippen molar-refractivity contribution in [2.75, 3.05) is 0 Å². The van der Waals surface area contributed by atoms with E-state index < -0.39 is 5.60 Å². The third-order valence-electron chi connectivity index (χ3n) is 3.09. The molecule has 0 bridgehead atoms. The van der Waals surface area contributed by atoms with Crippen molar-refractivity contribution in [1.29, 1.82) is 0 Å². The molecule has 0 atom stereocenters. The molecule has 1 fully saturated rings. The van der Waals surface area contributed by atoms with E-state index in [1.54, 1.807) is 17.0 Å². The van der Waals surface area contributed by atoms with Gasteiger partial charge in [0.15, 0.2) is 0 Å². The Morgan fingerprint density at radius 3 is 2.50 bits per heavy atom. The summed E-state index contributed by atoms with van der Waals surface area (Å²) >= 11 is 0. The van der Waals surface area contributed by atoms with Gasteiger partial charge in [-0.05, 0) is 63.8 Å². The molecule has 0 spiro atoms. The summed E-state index contributed by atoms with van der Waals surface area (Å²) in [6.07, 6.45) is 1.77. The van der Waals surface area contributed by atoms with Crippen molar-refractivity contribution >= 4 is 6.09 Å². The standard InChI is InChI=1S/C16H23NO3/c1-11-7-12(9-14(18)8-11)10-17(13-5-6-13)15(19)20-16(2,3)4/h7-9,13,18H,5-6,10H2,1-4H3. The van der Waals surface area contributed by atoms with Gasteiger partial charge in [-0.15, -0.1) is 0 Å². The second-order valence-corrected chi connectivity index (χ2v) is 6.52. The predicted molar refractivity (Wildman–Crippen MR) is 77.6 cm³/mol. The molecule has 4 nitrogen and oxygen atoms in total. The lowest BCUT2D eigenvalue weighted by molar-refractivity contribution is 0.0216. The molecule has 110 valence electrons. The quantitative estimate of drug-likeness (QED) is 0.918. The van der Waals surface area contributed by atoms with Crippen LogP contribution in [0.5, 0.6) is 5.75 Å². The second-order valence-electron chi connectivity index (χ2n) is 6.52. The molecule has 0 unspecified atom stereocenters. The smallest absolute Gasteiger partial charge is 0.410 e. The Bertz CT molecular complexity index is 481. The minimum atomic E-state index is -0.487. The first-order chi connectivity index (χ1) is 9.24. The third-order valence-corrected chi connectivity index (χ3v) is 3.09. The molecule has 1 N–H and O–H groups in total. The van der Waals surface area contributed by atoms with Crippen LogP contribution >= 0.6 is 0 Å². The molecule has 1 aliphatic rings. The summed E-state index contributed by atoms with van der Waals surface area (Å²) in [5.41, 5.74) is 1.43. The van der Waals surface area contributed by atoms with Gasteiger partial charge in [0, 0.05) is 12.6 Å². The average molecular weight is 277 g/mol. The number of benzene rings is 1. The topological polar surface area (TPSA) is 49.8 Å². The summed E-state index contributed by atoms with van der Waals surface area (Å²) in [5.74, 6) is 0.236. The van der Waals surface area contributed by atoms with Crippen molar-refractivity contribution in [3.05, 3.63) is 29.3 Å². The molecular formula is C16H23NO3. The Balaban J connectivity index is 2.11. The van der Waals surface area contributed by atoms with Crippen LogP contribution in [-0.2, 0) is 11.3 Å². The van der Waals surface area contributed by atoms with Crippen molar-refractivity contribution in [3.63, 3.8) is 0 Å². The zero-order valence-corrected chi connectivity index (χ0v) is 12.6. The van der Waals surface area contributed by atoms with E-state index in [-0.39, 0.29) is 17.9 Å². The first-order valence-electron chi connectivity index (χ1n) is 7.04. The van der Waals surface area contributed by atoms with E-state index in [1.165, 1.54) is 0 Å². The first-order valence-corrected chi connectivity index (χ1v) is 7.04. The molecule has 0 radical (unpaired) electrons. The van der Waals surface area contributed by atoms with Crippen LogP contribution in [-0.4, -0.2) is 27.7 Å². The fourth-order valence-electron chi connectivity index (χ4n) is 2.18. The maximum absolute atomic E-state index is 12.3. The van der Waals surface area contributed by atoms with Crippen LogP contribution in [0, 0.1) is 6.92 Å². The van der Waals surface area contributed by atoms with Gasteiger partial charge in [-0.3, -0.25) is 0 Å². The summed E-state index contributed by atoms with van der Waals surface area (Å²) in [7, 11) is 0. The van der Waals surface area contributed by atoms with Gasteiger partial charge in [-0.2, -0.15) is 0 Å². The monoisotopic (exact) mass is 277 g/mol. The van der Waals surface area contributed by atoms with Crippen LogP contribution in [0.1, 0.15) is 44.7 Å². The summed E-state index contributed by atoms with van der Waals surface area (Å²) in [4.78, 5) is 14.0. The van der Waals surface area contributed by atoms with E-state index in [0.29, 0.717) is 6.54 Å². The number of aryl methyl sites for hydroxylation is 1. The van der Waals surface area contributed by atoms with E-state index in [2.05, 4.69) is 0 Å². The molecule has 1 aromatic rings. The van der Waals surface area contributed by atoms with Gasteiger partial charge in [0.2, 0.25) is 0 Å². The molecule has 2 rings (SSSR count). The Hall–Kier alpha value is -1.71. The second kappa shape index (κ2) is 5.35. The number of hydrogen-bond acceptors (Lipinski definition) is 3. The molecule has 1 amide bonds. The summed E-state index contributed by atoms with van der Waals surface area (Å²) < 4.78 is 5.46. The van der Waals surface area contributed by atoms with Crippen molar-refractivity contribution in [2.24, 2.45) is 0 Å². The molecule has 1 aromatic carbocycles. The summed E-state index contributed by atoms with van der Waals surface area (Å²) in [5, 5.41) is 9.65. The molecule has 1 aliphatic carbocycles. The number of aromatic hydroxyl groups is 1. The third kappa shape index (κ3) is 4.15. The number of rotatable bonds is 3. The van der Waals surface area contributed by atoms with E-state index >= 15 is 0 Å². The molecule has 0 aromatic heterocycles. The number of carbonyl (C=O) groups is 1. The number of hydrogen-bond donors (Lipinski definition) is 1. The van der Waals surface area contributed by atoms with Crippen LogP contribution < -0.4 is 0 Å². The molecule has 0 heterocycles. The highest BCUT2D eigenvalue weighted by molar-refractivity contribution is 5.69. The average Bonchev–Trinajstić information content (AvgIpc) is 3.05. The zero-order chi connectivity index (χ0) is 14.9. The van der Waals surface area contributed by atoms with Crippen LogP contribution in [0.2, 0.25) is 0 Å². The van der Waals surface area contributed by atoms with Crippen molar-refractivity contribution in [3.8, 4) is 5.75 Å². The van der Waals surface area contributed by atoms with Crippen LogP contribution in [0.15, 0.2) is 18.2 Å². The number of phenols is 1. The molecule has 20 heavy (non-hydrogen) atoms. The number of carbonyl (C=O) groups excluding carboxylic acids is 1. The first kappa shape index (κ1) is 14.7. The summed E-state index contributed by atoms with van der Waals surface area (Å²) in [6, 6.07) is 5.66. The van der Waals surface area contributed by atoms with Crippen LogP contribution in [0.3, 0.4) is 0 Å². The van der Waals surface area contributed by atoms with E-state index in [1.807, 2.05) is 33.8 Å². The minimum absolute atomic E-state index is 0.236. The Kier molecular flexibility index (Phi) is 3.93. The molecule has 0 saturated heterocycles. The number of amides is 1. The fraction of sp³-hybridized carbons (Fsp3) is 0.562. The zero-order valence-electron chi connectivity index (χ0n) is 12.6. The van der Waals surface area contributed by atoms with Crippen molar-refractivity contribution in [2.45, 2.75) is 58.7 Å². The maximum Gasteiger partial charge on any atom is 0.410 e. The molecule has 1 saturated carbocycles. The minimum Gasteiger partial charge on any atom is -0.508 e. The largest absolute Gasteiger partial charge is 0.508 e. The van der Waals surface area contributed by atoms with E-state index in [0.717, 1.165) is 24.0 Å². The van der Waals surface area contributed by atoms with Gasteiger partial charge >= 0.3 is 6.09 Å². The fourth-order valence-corrected chi connectivity index (χ4v) is 2.18. The highest BCUT2D eigenvalue weighted by Gasteiger charge is 2.35. The number of phenolic OH excluding ortho intramolecular Hbond substituents is 1. The number of ether oxygens (including phenoxy) is 1. The Labute approximate surface area is 120 Å².